The number of ether oxygens (including phenoxy) is 1. The Morgan fingerprint density at radius 2 is 2.05 bits per heavy atom. The van der Waals surface area contributed by atoms with E-state index in [-0.39, 0.29) is 0 Å². The van der Waals surface area contributed by atoms with Gasteiger partial charge in [-0.3, -0.25) is 4.79 Å². The van der Waals surface area contributed by atoms with Crippen molar-refractivity contribution in [2.45, 2.75) is 6.54 Å². The number of fused-ring (bicyclic) bond motifs is 1. The van der Waals surface area contributed by atoms with Crippen LogP contribution in [-0.2, 0) is 6.54 Å². The van der Waals surface area contributed by atoms with Crippen molar-refractivity contribution in [2.24, 2.45) is 5.73 Å². The highest BCUT2D eigenvalue weighted by atomic mass is 32.1. The molecular formula is C16H15N3O2S. The van der Waals surface area contributed by atoms with Crippen LogP contribution >= 0.6 is 11.3 Å². The lowest BCUT2D eigenvalue weighted by Gasteiger charge is -2.03. The Labute approximate surface area is 131 Å². The van der Waals surface area contributed by atoms with E-state index in [1.165, 1.54) is 0 Å². The number of nitrogens with zero attached hydrogens (tertiary/aromatic N) is 1. The normalized spacial score (nSPS) is 10.6. The molecule has 0 atom stereocenters. The van der Waals surface area contributed by atoms with Crippen molar-refractivity contribution in [1.82, 2.24) is 4.98 Å². The van der Waals surface area contributed by atoms with E-state index in [1.807, 2.05) is 30.3 Å². The highest BCUT2D eigenvalue weighted by Crippen LogP contribution is 2.29. The van der Waals surface area contributed by atoms with Crippen LogP contribution in [0.5, 0.6) is 5.75 Å². The van der Waals surface area contributed by atoms with Gasteiger partial charge in [0.15, 0.2) is 5.13 Å². The first-order valence-electron chi connectivity index (χ1n) is 6.73. The maximum Gasteiger partial charge on any atom is 0.248 e. The fourth-order valence-corrected chi connectivity index (χ4v) is 2.96. The predicted molar refractivity (Wildman–Crippen MR) is 88.5 cm³/mol. The van der Waals surface area contributed by atoms with Gasteiger partial charge >= 0.3 is 0 Å². The number of rotatable bonds is 5. The second kappa shape index (κ2) is 6.03. The van der Waals surface area contributed by atoms with Crippen LogP contribution in [0.2, 0.25) is 0 Å². The molecule has 1 aromatic heterocycles. The predicted octanol–water partition coefficient (Wildman–Crippen LogP) is 3.02. The van der Waals surface area contributed by atoms with Crippen molar-refractivity contribution in [2.75, 3.05) is 12.4 Å². The topological polar surface area (TPSA) is 77.2 Å². The number of hydrogen-bond acceptors (Lipinski definition) is 5. The van der Waals surface area contributed by atoms with Crippen LogP contribution in [0, 0.1) is 0 Å². The molecule has 0 aliphatic rings. The Morgan fingerprint density at radius 3 is 2.73 bits per heavy atom. The molecule has 3 rings (SSSR count). The molecule has 5 nitrogen and oxygen atoms in total. The fraction of sp³-hybridized carbons (Fsp3) is 0.125. The lowest BCUT2D eigenvalue weighted by Crippen LogP contribution is -2.10. The maximum atomic E-state index is 11.0. The minimum Gasteiger partial charge on any atom is -0.497 e. The third-order valence-electron chi connectivity index (χ3n) is 3.28. The summed E-state index contributed by atoms with van der Waals surface area (Å²) in [5.41, 5.74) is 7.73. The van der Waals surface area contributed by atoms with E-state index in [0.717, 1.165) is 26.7 Å². The number of thiazole rings is 1. The van der Waals surface area contributed by atoms with Gasteiger partial charge in [0.1, 0.15) is 5.75 Å². The molecule has 0 unspecified atom stereocenters. The van der Waals surface area contributed by atoms with E-state index in [2.05, 4.69) is 10.3 Å². The van der Waals surface area contributed by atoms with Crippen molar-refractivity contribution in [3.8, 4) is 5.75 Å². The molecule has 3 aromatic rings. The second-order valence-electron chi connectivity index (χ2n) is 4.77. The average molecular weight is 313 g/mol. The van der Waals surface area contributed by atoms with Crippen molar-refractivity contribution < 1.29 is 9.53 Å². The van der Waals surface area contributed by atoms with Crippen molar-refractivity contribution in [3.63, 3.8) is 0 Å². The molecule has 0 aliphatic carbocycles. The van der Waals surface area contributed by atoms with Gasteiger partial charge in [-0.15, -0.1) is 0 Å². The number of primary amides is 1. The van der Waals surface area contributed by atoms with Gasteiger partial charge in [0.25, 0.3) is 0 Å². The molecule has 2 aromatic carbocycles. The molecule has 112 valence electrons. The van der Waals surface area contributed by atoms with Crippen LogP contribution in [0.1, 0.15) is 15.9 Å². The minimum atomic E-state index is -0.417. The van der Waals surface area contributed by atoms with Gasteiger partial charge in [0.2, 0.25) is 5.91 Å². The van der Waals surface area contributed by atoms with Crippen molar-refractivity contribution in [1.29, 1.82) is 0 Å². The lowest BCUT2D eigenvalue weighted by molar-refractivity contribution is 0.100. The highest BCUT2D eigenvalue weighted by Gasteiger charge is 2.05. The largest absolute Gasteiger partial charge is 0.497 e. The zero-order chi connectivity index (χ0) is 15.5. The van der Waals surface area contributed by atoms with E-state index < -0.39 is 5.91 Å². The molecule has 1 amide bonds. The number of carbonyl (C=O) groups excluding carboxylic acids is 1. The van der Waals surface area contributed by atoms with Crippen LogP contribution in [0.4, 0.5) is 5.13 Å². The number of carbonyl (C=O) groups is 1. The molecular weight excluding hydrogens is 298 g/mol. The Hall–Kier alpha value is -2.60. The maximum absolute atomic E-state index is 11.0. The van der Waals surface area contributed by atoms with E-state index in [9.17, 15) is 4.79 Å². The molecule has 0 aliphatic heterocycles. The smallest absolute Gasteiger partial charge is 0.248 e. The molecule has 0 radical (unpaired) electrons. The van der Waals surface area contributed by atoms with Gasteiger partial charge < -0.3 is 15.8 Å². The molecule has 0 saturated heterocycles. The summed E-state index contributed by atoms with van der Waals surface area (Å²) in [7, 11) is 1.65. The van der Waals surface area contributed by atoms with E-state index in [0.29, 0.717) is 12.1 Å². The second-order valence-corrected chi connectivity index (χ2v) is 5.80. The lowest BCUT2D eigenvalue weighted by atomic mass is 10.1. The Bertz CT molecular complexity index is 812. The molecule has 1 heterocycles. The molecule has 0 bridgehead atoms. The number of nitrogens with one attached hydrogen (secondary N) is 1. The van der Waals surface area contributed by atoms with Gasteiger partial charge in [-0.25, -0.2) is 4.98 Å². The summed E-state index contributed by atoms with van der Waals surface area (Å²) in [6.07, 6.45) is 0. The third-order valence-corrected chi connectivity index (χ3v) is 4.25. The van der Waals surface area contributed by atoms with Crippen LogP contribution in [0.25, 0.3) is 10.2 Å². The number of benzene rings is 2. The van der Waals surface area contributed by atoms with Gasteiger partial charge in [-0.1, -0.05) is 23.5 Å². The number of hydrogen-bond donors (Lipinski definition) is 2. The zero-order valence-electron chi connectivity index (χ0n) is 12.0. The molecule has 0 saturated carbocycles. The van der Waals surface area contributed by atoms with Gasteiger partial charge in [-0.2, -0.15) is 0 Å². The van der Waals surface area contributed by atoms with Crippen LogP contribution in [-0.4, -0.2) is 18.0 Å². The first-order valence-corrected chi connectivity index (χ1v) is 7.54. The Balaban J connectivity index is 1.71. The third kappa shape index (κ3) is 3.01. The summed E-state index contributed by atoms with van der Waals surface area (Å²) >= 11 is 1.58. The van der Waals surface area contributed by atoms with Gasteiger partial charge in [-0.05, 0) is 35.9 Å². The van der Waals surface area contributed by atoms with Gasteiger partial charge in [0, 0.05) is 12.1 Å². The highest BCUT2D eigenvalue weighted by molar-refractivity contribution is 7.22. The summed E-state index contributed by atoms with van der Waals surface area (Å²) in [6.45, 7) is 0.635. The van der Waals surface area contributed by atoms with Gasteiger partial charge in [0.05, 0.1) is 17.3 Å². The molecule has 3 N–H and O–H groups in total. The summed E-state index contributed by atoms with van der Waals surface area (Å²) in [5.74, 6) is 0.407. The SMILES string of the molecule is COc1ccc2nc(NCc3ccc(C(N)=O)cc3)sc2c1. The number of amides is 1. The number of nitrogens with two attached hydrogens (primary N) is 1. The summed E-state index contributed by atoms with van der Waals surface area (Å²) in [4.78, 5) is 15.6. The zero-order valence-corrected chi connectivity index (χ0v) is 12.8. The fourth-order valence-electron chi connectivity index (χ4n) is 2.07. The molecule has 6 heteroatoms. The van der Waals surface area contributed by atoms with E-state index in [1.54, 1.807) is 30.6 Å². The van der Waals surface area contributed by atoms with Crippen molar-refractivity contribution in [3.05, 3.63) is 53.6 Å². The van der Waals surface area contributed by atoms with Crippen LogP contribution < -0.4 is 15.8 Å². The standard InChI is InChI=1S/C16H15N3O2S/c1-21-12-6-7-13-14(8-12)22-16(19-13)18-9-10-2-4-11(5-3-10)15(17)20/h2-8H,9H2,1H3,(H2,17,20)(H,18,19). The number of aromatic nitrogens is 1. The van der Waals surface area contributed by atoms with Crippen LogP contribution in [0.15, 0.2) is 42.5 Å². The number of anilines is 1. The Morgan fingerprint density at radius 1 is 1.27 bits per heavy atom. The summed E-state index contributed by atoms with van der Waals surface area (Å²) < 4.78 is 6.29. The minimum absolute atomic E-state index is 0.417. The quantitative estimate of drug-likeness (QED) is 0.759. The molecule has 22 heavy (non-hydrogen) atoms. The summed E-state index contributed by atoms with van der Waals surface area (Å²) in [5, 5.41) is 4.14. The molecule has 0 fully saturated rings. The summed E-state index contributed by atoms with van der Waals surface area (Å²) in [6, 6.07) is 13.0. The first kappa shape index (κ1) is 14.3. The van der Waals surface area contributed by atoms with E-state index >= 15 is 0 Å². The number of methoxy groups -OCH3 is 1. The van der Waals surface area contributed by atoms with E-state index in [4.69, 9.17) is 10.5 Å². The average Bonchev–Trinajstić information content (AvgIpc) is 2.95. The Kier molecular flexibility index (Phi) is 3.93. The first-order chi connectivity index (χ1) is 10.7. The molecule has 0 spiro atoms. The van der Waals surface area contributed by atoms with Crippen LogP contribution in [0.3, 0.4) is 0 Å². The monoisotopic (exact) mass is 313 g/mol. The van der Waals surface area contributed by atoms with Crippen molar-refractivity contribution >= 4 is 32.6 Å².